The Morgan fingerprint density at radius 1 is 1.12 bits per heavy atom. The Bertz CT molecular complexity index is 816. The van der Waals surface area contributed by atoms with Gasteiger partial charge in [-0.15, -0.1) is 0 Å². The summed E-state index contributed by atoms with van der Waals surface area (Å²) in [5.74, 6) is 0.595. The lowest BCUT2D eigenvalue weighted by Crippen LogP contribution is -2.35. The van der Waals surface area contributed by atoms with E-state index in [0.29, 0.717) is 23.9 Å². The lowest BCUT2D eigenvalue weighted by Gasteiger charge is -2.25. The normalized spacial score (nSPS) is 16.1. The van der Waals surface area contributed by atoms with Crippen LogP contribution in [0.15, 0.2) is 41.4 Å². The quantitative estimate of drug-likeness (QED) is 0.890. The van der Waals surface area contributed by atoms with Crippen LogP contribution in [0.2, 0.25) is 5.02 Å². The zero-order chi connectivity index (χ0) is 17.2. The maximum absolute atomic E-state index is 12.6. The Morgan fingerprint density at radius 3 is 2.50 bits per heavy atom. The van der Waals surface area contributed by atoms with E-state index in [4.69, 9.17) is 11.6 Å². The molecule has 0 amide bonds. The van der Waals surface area contributed by atoms with Gasteiger partial charge < -0.3 is 5.32 Å². The number of pyridine rings is 1. The number of hydrogen-bond donors (Lipinski definition) is 1. The Balaban J connectivity index is 1.77. The first-order chi connectivity index (χ1) is 11.5. The summed E-state index contributed by atoms with van der Waals surface area (Å²) in [6.45, 7) is 3.13. The molecule has 0 unspecified atom stereocenters. The van der Waals surface area contributed by atoms with Crippen LogP contribution in [0.5, 0.6) is 0 Å². The molecule has 2 aromatic rings. The molecule has 0 radical (unpaired) electrons. The van der Waals surface area contributed by atoms with E-state index < -0.39 is 10.0 Å². The second kappa shape index (κ2) is 7.09. The summed E-state index contributed by atoms with van der Waals surface area (Å²) in [5.41, 5.74) is 1.88. The molecule has 24 heavy (non-hydrogen) atoms. The van der Waals surface area contributed by atoms with Crippen molar-refractivity contribution in [1.82, 2.24) is 9.29 Å². The van der Waals surface area contributed by atoms with Gasteiger partial charge in [0.1, 0.15) is 10.7 Å². The second-order valence-corrected chi connectivity index (χ2v) is 8.30. The summed E-state index contributed by atoms with van der Waals surface area (Å²) >= 11 is 5.95. The maximum atomic E-state index is 12.6. The first-order valence-corrected chi connectivity index (χ1v) is 9.78. The van der Waals surface area contributed by atoms with Gasteiger partial charge in [-0.2, -0.15) is 4.31 Å². The summed E-state index contributed by atoms with van der Waals surface area (Å²) in [6.07, 6.45) is 4.34. The van der Waals surface area contributed by atoms with E-state index in [1.165, 1.54) is 6.20 Å². The van der Waals surface area contributed by atoms with Gasteiger partial charge in [0.05, 0.1) is 0 Å². The fourth-order valence-corrected chi connectivity index (χ4v) is 4.46. The molecule has 1 aliphatic heterocycles. The number of sulfonamides is 1. The Kier molecular flexibility index (Phi) is 5.08. The molecular formula is C17H20ClN3O2S. The topological polar surface area (TPSA) is 62.3 Å². The fraction of sp³-hybridized carbons (Fsp3) is 0.353. The standard InChI is InChI=1S/C17H20ClN3O2S/c1-13-11-14(18)5-7-16(13)20-17-8-6-15(12-19-17)24(22,23)21-9-3-2-4-10-21/h5-8,11-12H,2-4,9-10H2,1H3,(H,19,20). The summed E-state index contributed by atoms with van der Waals surface area (Å²) < 4.78 is 26.7. The van der Waals surface area contributed by atoms with E-state index >= 15 is 0 Å². The van der Waals surface area contributed by atoms with Crippen LogP contribution < -0.4 is 5.32 Å². The van der Waals surface area contributed by atoms with Crippen molar-refractivity contribution in [2.45, 2.75) is 31.1 Å². The summed E-state index contributed by atoms with van der Waals surface area (Å²) in [7, 11) is -3.44. The lowest BCUT2D eigenvalue weighted by atomic mass is 10.2. The monoisotopic (exact) mass is 365 g/mol. The summed E-state index contributed by atoms with van der Waals surface area (Å²) in [5, 5.41) is 3.85. The number of hydrogen-bond acceptors (Lipinski definition) is 4. The van der Waals surface area contributed by atoms with E-state index in [-0.39, 0.29) is 4.90 Å². The molecule has 0 spiro atoms. The molecular weight excluding hydrogens is 346 g/mol. The minimum absolute atomic E-state index is 0.239. The molecule has 5 nitrogen and oxygen atoms in total. The van der Waals surface area contributed by atoms with Crippen molar-refractivity contribution in [3.05, 3.63) is 47.1 Å². The van der Waals surface area contributed by atoms with E-state index in [9.17, 15) is 8.42 Å². The van der Waals surface area contributed by atoms with Gasteiger partial charge in [-0.1, -0.05) is 18.0 Å². The highest BCUT2D eigenvalue weighted by molar-refractivity contribution is 7.89. The molecule has 1 saturated heterocycles. The van der Waals surface area contributed by atoms with Crippen LogP contribution in [0.25, 0.3) is 0 Å². The predicted octanol–water partition coefficient (Wildman–Crippen LogP) is 3.96. The van der Waals surface area contributed by atoms with Crippen molar-refractivity contribution in [3.8, 4) is 0 Å². The van der Waals surface area contributed by atoms with Gasteiger partial charge in [0.15, 0.2) is 0 Å². The third kappa shape index (κ3) is 3.71. The van der Waals surface area contributed by atoms with Crippen molar-refractivity contribution in [2.24, 2.45) is 0 Å². The summed E-state index contributed by atoms with van der Waals surface area (Å²) in [6, 6.07) is 8.82. The van der Waals surface area contributed by atoms with E-state index in [1.807, 2.05) is 19.1 Å². The van der Waals surface area contributed by atoms with Gasteiger partial charge >= 0.3 is 0 Å². The largest absolute Gasteiger partial charge is 0.340 e. The molecule has 128 valence electrons. The van der Waals surface area contributed by atoms with E-state index in [1.54, 1.807) is 22.5 Å². The number of benzene rings is 1. The molecule has 1 aromatic carbocycles. The van der Waals surface area contributed by atoms with Crippen molar-refractivity contribution in [3.63, 3.8) is 0 Å². The molecule has 0 saturated carbocycles. The lowest BCUT2D eigenvalue weighted by molar-refractivity contribution is 0.346. The van der Waals surface area contributed by atoms with Gasteiger partial charge in [0.25, 0.3) is 0 Å². The zero-order valence-corrected chi connectivity index (χ0v) is 15.1. The van der Waals surface area contributed by atoms with E-state index in [0.717, 1.165) is 30.5 Å². The van der Waals surface area contributed by atoms with Gasteiger partial charge in [-0.05, 0) is 55.7 Å². The first-order valence-electron chi connectivity index (χ1n) is 7.96. The van der Waals surface area contributed by atoms with Crippen LogP contribution in [0, 0.1) is 6.92 Å². The van der Waals surface area contributed by atoms with Crippen LogP contribution in [0.1, 0.15) is 24.8 Å². The minimum atomic E-state index is -3.44. The Morgan fingerprint density at radius 2 is 1.88 bits per heavy atom. The van der Waals surface area contributed by atoms with Crippen LogP contribution in [-0.2, 0) is 10.0 Å². The highest BCUT2D eigenvalue weighted by atomic mass is 35.5. The number of halogens is 1. The van der Waals surface area contributed by atoms with Crippen LogP contribution >= 0.6 is 11.6 Å². The molecule has 1 aromatic heterocycles. The SMILES string of the molecule is Cc1cc(Cl)ccc1Nc1ccc(S(=O)(=O)N2CCCCC2)cn1. The smallest absolute Gasteiger partial charge is 0.244 e. The zero-order valence-electron chi connectivity index (χ0n) is 13.5. The third-order valence-corrected chi connectivity index (χ3v) is 6.26. The predicted molar refractivity (Wildman–Crippen MR) is 96.3 cm³/mol. The first kappa shape index (κ1) is 17.2. The average molecular weight is 366 g/mol. The number of piperidine rings is 1. The van der Waals surface area contributed by atoms with Crippen molar-refractivity contribution >= 4 is 33.1 Å². The number of nitrogens with zero attached hydrogens (tertiary/aromatic N) is 2. The van der Waals surface area contributed by atoms with Crippen LogP contribution in [0.3, 0.4) is 0 Å². The molecule has 0 aliphatic carbocycles. The minimum Gasteiger partial charge on any atom is -0.340 e. The van der Waals surface area contributed by atoms with Crippen LogP contribution in [0.4, 0.5) is 11.5 Å². The Labute approximate surface area is 147 Å². The van der Waals surface area contributed by atoms with Crippen molar-refractivity contribution < 1.29 is 8.42 Å². The van der Waals surface area contributed by atoms with Crippen LogP contribution in [-0.4, -0.2) is 30.8 Å². The molecule has 1 fully saturated rings. The van der Waals surface area contributed by atoms with E-state index in [2.05, 4.69) is 10.3 Å². The molecule has 7 heteroatoms. The molecule has 1 N–H and O–H groups in total. The molecule has 0 atom stereocenters. The molecule has 0 bridgehead atoms. The number of nitrogens with one attached hydrogen (secondary N) is 1. The summed E-state index contributed by atoms with van der Waals surface area (Å²) in [4.78, 5) is 4.49. The number of anilines is 2. The van der Waals surface area contributed by atoms with Crippen molar-refractivity contribution in [1.29, 1.82) is 0 Å². The fourth-order valence-electron chi connectivity index (χ4n) is 2.77. The van der Waals surface area contributed by atoms with Crippen molar-refractivity contribution in [2.75, 3.05) is 18.4 Å². The molecule has 2 heterocycles. The van der Waals surface area contributed by atoms with Gasteiger partial charge in [0.2, 0.25) is 10.0 Å². The van der Waals surface area contributed by atoms with Gasteiger partial charge in [-0.3, -0.25) is 0 Å². The highest BCUT2D eigenvalue weighted by Crippen LogP contribution is 2.24. The third-order valence-electron chi connectivity index (χ3n) is 4.14. The number of aromatic nitrogens is 1. The molecule has 1 aliphatic rings. The van der Waals surface area contributed by atoms with Gasteiger partial charge in [-0.25, -0.2) is 13.4 Å². The number of rotatable bonds is 4. The maximum Gasteiger partial charge on any atom is 0.244 e. The second-order valence-electron chi connectivity index (χ2n) is 5.93. The Hall–Kier alpha value is -1.63. The highest BCUT2D eigenvalue weighted by Gasteiger charge is 2.26. The average Bonchev–Trinajstić information content (AvgIpc) is 2.59. The number of aryl methyl sites for hydroxylation is 1. The van der Waals surface area contributed by atoms with Gasteiger partial charge in [0, 0.05) is 30.0 Å². The molecule has 3 rings (SSSR count).